The molecule has 1 N–H and O–H groups in total. The van der Waals surface area contributed by atoms with Gasteiger partial charge < -0.3 is 19.1 Å². The first-order valence-corrected chi connectivity index (χ1v) is 13.1. The number of thiophene rings is 2. The van der Waals surface area contributed by atoms with E-state index in [1.54, 1.807) is 30.5 Å². The lowest BCUT2D eigenvalue weighted by molar-refractivity contribution is -0.274. The van der Waals surface area contributed by atoms with Gasteiger partial charge in [-0.05, 0) is 54.0 Å². The molecular formula is C26H21F3N2O6S2. The van der Waals surface area contributed by atoms with Gasteiger partial charge in [-0.2, -0.15) is 0 Å². The molecule has 0 saturated carbocycles. The first-order chi connectivity index (χ1) is 18.5. The number of ketones is 2. The lowest BCUT2D eigenvalue weighted by atomic mass is 10.1. The Labute approximate surface area is 228 Å². The molecule has 13 heteroatoms. The molecule has 39 heavy (non-hydrogen) atoms. The molecule has 0 spiro atoms. The van der Waals surface area contributed by atoms with Crippen LogP contribution in [0, 0.1) is 0 Å². The Bertz CT molecular complexity index is 1500. The number of ether oxygens (including phenoxy) is 2. The van der Waals surface area contributed by atoms with Gasteiger partial charge >= 0.3 is 6.36 Å². The summed E-state index contributed by atoms with van der Waals surface area (Å²) in [6.45, 7) is 1.45. The summed E-state index contributed by atoms with van der Waals surface area (Å²) in [5, 5.41) is 16.0. The normalized spacial score (nSPS) is 12.0. The second kappa shape index (κ2) is 11.8. The predicted octanol–water partition coefficient (Wildman–Crippen LogP) is 6.58. The van der Waals surface area contributed by atoms with Gasteiger partial charge in [0.2, 0.25) is 0 Å². The second-order valence-electron chi connectivity index (χ2n) is 8.15. The molecule has 3 heterocycles. The van der Waals surface area contributed by atoms with Crippen molar-refractivity contribution in [2.45, 2.75) is 26.1 Å². The van der Waals surface area contributed by atoms with Gasteiger partial charge in [-0.3, -0.25) is 14.6 Å². The van der Waals surface area contributed by atoms with E-state index in [9.17, 15) is 27.9 Å². The number of carbonyl (C=O) groups is 2. The van der Waals surface area contributed by atoms with Gasteiger partial charge in [0.05, 0.1) is 21.7 Å². The zero-order valence-corrected chi connectivity index (χ0v) is 22.2. The van der Waals surface area contributed by atoms with Crippen LogP contribution in [0.25, 0.3) is 10.4 Å². The summed E-state index contributed by atoms with van der Waals surface area (Å²) in [6, 6.07) is 9.91. The number of aromatic hydroxyl groups is 1. The van der Waals surface area contributed by atoms with Crippen molar-refractivity contribution in [3.8, 4) is 27.8 Å². The van der Waals surface area contributed by atoms with Crippen molar-refractivity contribution in [2.24, 2.45) is 4.99 Å². The molecule has 3 aromatic heterocycles. The molecule has 0 bridgehead atoms. The summed E-state index contributed by atoms with van der Waals surface area (Å²) in [7, 11) is 1.46. The van der Waals surface area contributed by atoms with Crippen LogP contribution in [0.5, 0.6) is 17.4 Å². The maximum Gasteiger partial charge on any atom is 0.573 e. The van der Waals surface area contributed by atoms with E-state index in [0.717, 1.165) is 23.5 Å². The molecule has 4 rings (SSSR count). The molecule has 0 aliphatic carbocycles. The van der Waals surface area contributed by atoms with Crippen molar-refractivity contribution in [3.63, 3.8) is 0 Å². The summed E-state index contributed by atoms with van der Waals surface area (Å²) < 4.78 is 51.0. The van der Waals surface area contributed by atoms with E-state index in [4.69, 9.17) is 9.26 Å². The monoisotopic (exact) mass is 578 g/mol. The molecule has 0 aliphatic rings. The molecular weight excluding hydrogens is 557 g/mol. The number of carbonyl (C=O) groups excluding carboxylic acids is 2. The summed E-state index contributed by atoms with van der Waals surface area (Å²) in [5.74, 6) is -0.0289. The van der Waals surface area contributed by atoms with Crippen molar-refractivity contribution in [3.05, 3.63) is 68.9 Å². The lowest BCUT2D eigenvalue weighted by Gasteiger charge is -2.09. The quantitative estimate of drug-likeness (QED) is 0.158. The van der Waals surface area contributed by atoms with E-state index < -0.39 is 6.36 Å². The van der Waals surface area contributed by atoms with Gasteiger partial charge in [0.25, 0.3) is 5.88 Å². The first kappa shape index (κ1) is 28.0. The van der Waals surface area contributed by atoms with E-state index in [2.05, 4.69) is 14.9 Å². The predicted molar refractivity (Wildman–Crippen MR) is 140 cm³/mol. The zero-order chi connectivity index (χ0) is 28.2. The van der Waals surface area contributed by atoms with Crippen LogP contribution in [-0.2, 0) is 6.42 Å². The highest BCUT2D eigenvalue weighted by Crippen LogP contribution is 2.39. The molecule has 0 atom stereocenters. The number of hydrogen-bond acceptors (Lipinski definition) is 10. The molecule has 0 unspecified atom stereocenters. The molecule has 4 aromatic rings. The van der Waals surface area contributed by atoms with Crippen molar-refractivity contribution in [1.29, 1.82) is 0 Å². The van der Waals surface area contributed by atoms with E-state index in [-0.39, 0.29) is 36.0 Å². The van der Waals surface area contributed by atoms with Crippen molar-refractivity contribution < 1.29 is 41.9 Å². The first-order valence-electron chi connectivity index (χ1n) is 11.4. The fourth-order valence-electron chi connectivity index (χ4n) is 3.48. The fourth-order valence-corrected chi connectivity index (χ4v) is 5.40. The summed E-state index contributed by atoms with van der Waals surface area (Å²) in [6.07, 6.45) is -4.27. The van der Waals surface area contributed by atoms with Crippen LogP contribution in [0.4, 0.5) is 13.2 Å². The summed E-state index contributed by atoms with van der Waals surface area (Å²) in [4.78, 5) is 30.7. The third-order valence-electron chi connectivity index (χ3n) is 5.47. The standard InChI is InChI=1S/C26H21F3N2O6S2/c1-14(18-13-38-25(24(18)34)15-3-5-16(6-4-15)36-26(27,28)29)30-12-20(33)22-10-9-21(39-22)19(32)8-7-17-11-23(35-2)31-37-17/h3-6,9-11,13,34H,7-8,12H2,1-2H3. The Morgan fingerprint density at radius 2 is 1.79 bits per heavy atom. The number of aryl methyl sites for hydroxylation is 1. The van der Waals surface area contributed by atoms with Gasteiger partial charge in [-0.1, -0.05) is 0 Å². The van der Waals surface area contributed by atoms with Crippen LogP contribution in [0.2, 0.25) is 0 Å². The summed E-state index contributed by atoms with van der Waals surface area (Å²) in [5.41, 5.74) is 1.32. The van der Waals surface area contributed by atoms with Crippen LogP contribution in [-0.4, -0.2) is 47.6 Å². The summed E-state index contributed by atoms with van der Waals surface area (Å²) >= 11 is 2.27. The van der Waals surface area contributed by atoms with Crippen molar-refractivity contribution >= 4 is 40.0 Å². The minimum Gasteiger partial charge on any atom is -0.506 e. The number of hydrogen-bond donors (Lipinski definition) is 1. The largest absolute Gasteiger partial charge is 0.573 e. The van der Waals surface area contributed by atoms with Crippen molar-refractivity contribution in [1.82, 2.24) is 5.16 Å². The van der Waals surface area contributed by atoms with Gasteiger partial charge in [0.1, 0.15) is 23.8 Å². The Morgan fingerprint density at radius 1 is 1.10 bits per heavy atom. The Kier molecular flexibility index (Phi) is 8.51. The van der Waals surface area contributed by atoms with Gasteiger partial charge in [-0.15, -0.1) is 35.8 Å². The number of Topliss-reactive ketones (excluding diaryl/α,β-unsaturated/α-hetero) is 2. The lowest BCUT2D eigenvalue weighted by Crippen LogP contribution is -2.16. The molecule has 0 radical (unpaired) electrons. The molecule has 0 saturated heterocycles. The Morgan fingerprint density at radius 3 is 2.44 bits per heavy atom. The van der Waals surface area contributed by atoms with E-state index in [1.807, 2.05) is 0 Å². The highest BCUT2D eigenvalue weighted by Gasteiger charge is 2.31. The van der Waals surface area contributed by atoms with E-state index in [0.29, 0.717) is 49.5 Å². The maximum absolute atomic E-state index is 12.7. The number of nitrogens with zero attached hydrogens (tertiary/aromatic N) is 2. The van der Waals surface area contributed by atoms with Crippen LogP contribution in [0.3, 0.4) is 0 Å². The van der Waals surface area contributed by atoms with Crippen LogP contribution < -0.4 is 9.47 Å². The van der Waals surface area contributed by atoms with Gasteiger partial charge in [0, 0.05) is 35.6 Å². The third kappa shape index (κ3) is 7.12. The molecule has 0 amide bonds. The minimum atomic E-state index is -4.79. The van der Waals surface area contributed by atoms with E-state index >= 15 is 0 Å². The van der Waals surface area contributed by atoms with Crippen LogP contribution in [0.15, 0.2) is 57.4 Å². The fraction of sp³-hybridized carbons (Fsp3) is 0.231. The highest BCUT2D eigenvalue weighted by atomic mass is 32.1. The molecule has 8 nitrogen and oxygen atoms in total. The van der Waals surface area contributed by atoms with E-state index in [1.165, 1.54) is 30.6 Å². The zero-order valence-electron chi connectivity index (χ0n) is 20.6. The average Bonchev–Trinajstić information content (AvgIpc) is 3.65. The molecule has 1 aromatic carbocycles. The van der Waals surface area contributed by atoms with Crippen LogP contribution in [0.1, 0.15) is 44.0 Å². The van der Waals surface area contributed by atoms with Crippen molar-refractivity contribution in [2.75, 3.05) is 13.7 Å². The average molecular weight is 579 g/mol. The number of rotatable bonds is 11. The van der Waals surface area contributed by atoms with Gasteiger partial charge in [0.15, 0.2) is 11.6 Å². The number of alkyl halides is 3. The number of methoxy groups -OCH3 is 1. The molecule has 0 aliphatic heterocycles. The second-order valence-corrected chi connectivity index (χ2v) is 10.1. The Hall–Kier alpha value is -3.97. The SMILES string of the molecule is COc1cc(CCC(=O)c2ccc(C(=O)CN=C(C)c3csc(-c4ccc(OC(F)(F)F)cc4)c3O)s2)on1. The maximum atomic E-state index is 12.7. The smallest absolute Gasteiger partial charge is 0.506 e. The topological polar surface area (TPSA) is 111 Å². The number of aliphatic imine (C=N–C) groups is 1. The molecule has 0 fully saturated rings. The number of benzene rings is 1. The third-order valence-corrected chi connectivity index (χ3v) is 7.65. The van der Waals surface area contributed by atoms with Crippen LogP contribution >= 0.6 is 22.7 Å². The van der Waals surface area contributed by atoms with Gasteiger partial charge in [-0.25, -0.2) is 0 Å². The number of halogens is 3. The number of aromatic nitrogens is 1. The molecule has 204 valence electrons. The highest BCUT2D eigenvalue weighted by molar-refractivity contribution is 7.16. The Balaban J connectivity index is 1.36. The minimum absolute atomic E-state index is 0.0911.